The van der Waals surface area contributed by atoms with E-state index in [1.54, 1.807) is 6.92 Å². The van der Waals surface area contributed by atoms with Crippen molar-refractivity contribution in [3.05, 3.63) is 36.2 Å². The number of benzene rings is 1. The summed E-state index contributed by atoms with van der Waals surface area (Å²) in [4.78, 5) is 29.5. The molecule has 0 radical (unpaired) electrons. The topological polar surface area (TPSA) is 84.1 Å². The third-order valence-electron chi connectivity index (χ3n) is 3.06. The Kier molecular flexibility index (Phi) is 4.93. The van der Waals surface area contributed by atoms with Gasteiger partial charge in [0.05, 0.1) is 17.6 Å². The third kappa shape index (κ3) is 3.94. The fraction of sp³-hybridized carbons (Fsp3) is 0.312. The molecule has 1 unspecified atom stereocenters. The molecule has 1 aromatic carbocycles. The smallest absolute Gasteiger partial charge is 0.333 e. The Bertz CT molecular complexity index is 706. The van der Waals surface area contributed by atoms with Gasteiger partial charge in [-0.15, -0.1) is 0 Å². The van der Waals surface area contributed by atoms with Crippen LogP contribution in [0.5, 0.6) is 0 Å². The monoisotopic (exact) mass is 301 g/mol. The number of hydrogen-bond donors (Lipinski definition) is 2. The number of carbonyl (C=O) groups excluding carboxylic acids is 2. The zero-order valence-corrected chi connectivity index (χ0v) is 12.7. The van der Waals surface area contributed by atoms with Crippen LogP contribution in [0.4, 0.5) is 5.69 Å². The first kappa shape index (κ1) is 15.8. The molecule has 0 fully saturated rings. The van der Waals surface area contributed by atoms with Crippen molar-refractivity contribution in [2.75, 3.05) is 11.9 Å². The number of aromatic nitrogens is 2. The fourth-order valence-corrected chi connectivity index (χ4v) is 2.03. The van der Waals surface area contributed by atoms with E-state index in [-0.39, 0.29) is 12.6 Å². The quantitative estimate of drug-likeness (QED) is 0.465. The second kappa shape index (κ2) is 6.89. The lowest BCUT2D eigenvalue weighted by molar-refractivity contribution is -0.143. The van der Waals surface area contributed by atoms with E-state index in [4.69, 9.17) is 4.74 Å². The van der Waals surface area contributed by atoms with Gasteiger partial charge in [0.2, 0.25) is 0 Å². The summed E-state index contributed by atoms with van der Waals surface area (Å²) in [6.07, 6.45) is 1.00. The molecule has 0 saturated carbocycles. The van der Waals surface area contributed by atoms with Crippen molar-refractivity contribution in [1.82, 2.24) is 9.97 Å². The van der Waals surface area contributed by atoms with Gasteiger partial charge in [-0.25, -0.2) is 9.78 Å². The SMILES string of the molecule is C=C(C)C(=O)OC(C)Cc1nc2ccc(NCC=O)cc2[nH]1. The molecule has 1 atom stereocenters. The highest BCUT2D eigenvalue weighted by Gasteiger charge is 2.13. The van der Waals surface area contributed by atoms with Crippen molar-refractivity contribution < 1.29 is 14.3 Å². The minimum absolute atomic E-state index is 0.264. The van der Waals surface area contributed by atoms with E-state index in [1.807, 2.05) is 25.1 Å². The van der Waals surface area contributed by atoms with Crippen LogP contribution in [-0.4, -0.2) is 34.9 Å². The van der Waals surface area contributed by atoms with E-state index in [1.165, 1.54) is 0 Å². The summed E-state index contributed by atoms with van der Waals surface area (Å²) in [5.41, 5.74) is 2.91. The molecule has 1 heterocycles. The molecule has 2 aromatic rings. The number of fused-ring (bicyclic) bond motifs is 1. The first-order valence-corrected chi connectivity index (χ1v) is 7.02. The molecule has 22 heavy (non-hydrogen) atoms. The summed E-state index contributed by atoms with van der Waals surface area (Å²) < 4.78 is 5.24. The molecule has 6 nitrogen and oxygen atoms in total. The van der Waals surface area contributed by atoms with Crippen molar-refractivity contribution in [3.63, 3.8) is 0 Å². The third-order valence-corrected chi connectivity index (χ3v) is 3.06. The van der Waals surface area contributed by atoms with Crippen molar-refractivity contribution in [2.24, 2.45) is 0 Å². The Morgan fingerprint density at radius 2 is 2.32 bits per heavy atom. The average molecular weight is 301 g/mol. The van der Waals surface area contributed by atoms with E-state index < -0.39 is 5.97 Å². The van der Waals surface area contributed by atoms with Crippen molar-refractivity contribution >= 4 is 29.0 Å². The number of carbonyl (C=O) groups is 2. The first-order chi connectivity index (χ1) is 10.5. The molecular formula is C16H19N3O3. The van der Waals surface area contributed by atoms with Gasteiger partial charge in [0.25, 0.3) is 0 Å². The zero-order chi connectivity index (χ0) is 16.1. The average Bonchev–Trinajstić information content (AvgIpc) is 2.85. The zero-order valence-electron chi connectivity index (χ0n) is 12.7. The largest absolute Gasteiger partial charge is 0.459 e. The maximum Gasteiger partial charge on any atom is 0.333 e. The number of imidazole rings is 1. The molecule has 2 N–H and O–H groups in total. The highest BCUT2D eigenvalue weighted by molar-refractivity contribution is 5.87. The summed E-state index contributed by atoms with van der Waals surface area (Å²) in [7, 11) is 0. The molecule has 116 valence electrons. The van der Waals surface area contributed by atoms with Gasteiger partial charge < -0.3 is 19.8 Å². The Morgan fingerprint density at radius 1 is 1.55 bits per heavy atom. The van der Waals surface area contributed by atoms with Gasteiger partial charge >= 0.3 is 5.97 Å². The number of aldehydes is 1. The Hall–Kier alpha value is -2.63. The van der Waals surface area contributed by atoms with Gasteiger partial charge in [-0.05, 0) is 32.0 Å². The predicted molar refractivity (Wildman–Crippen MR) is 84.7 cm³/mol. The number of nitrogens with zero attached hydrogens (tertiary/aromatic N) is 1. The van der Waals surface area contributed by atoms with Crippen LogP contribution in [0, 0.1) is 0 Å². The molecule has 0 spiro atoms. The summed E-state index contributed by atoms with van der Waals surface area (Å²) in [6, 6.07) is 5.62. The summed E-state index contributed by atoms with van der Waals surface area (Å²) in [6.45, 7) is 7.24. The van der Waals surface area contributed by atoms with E-state index >= 15 is 0 Å². The van der Waals surface area contributed by atoms with Crippen LogP contribution < -0.4 is 5.32 Å². The minimum atomic E-state index is -0.399. The van der Waals surface area contributed by atoms with E-state index in [2.05, 4.69) is 21.9 Å². The van der Waals surface area contributed by atoms with Crippen LogP contribution in [0.1, 0.15) is 19.7 Å². The first-order valence-electron chi connectivity index (χ1n) is 7.02. The molecule has 6 heteroatoms. The van der Waals surface area contributed by atoms with Gasteiger partial charge in [0, 0.05) is 17.7 Å². The van der Waals surface area contributed by atoms with Crippen LogP contribution >= 0.6 is 0 Å². The van der Waals surface area contributed by atoms with Gasteiger partial charge in [-0.2, -0.15) is 0 Å². The second-order valence-electron chi connectivity index (χ2n) is 5.16. The van der Waals surface area contributed by atoms with E-state index in [0.717, 1.165) is 28.8 Å². The summed E-state index contributed by atoms with van der Waals surface area (Å²) in [5.74, 6) is 0.341. The van der Waals surface area contributed by atoms with E-state index in [0.29, 0.717) is 12.0 Å². The molecule has 0 bridgehead atoms. The fourth-order valence-electron chi connectivity index (χ4n) is 2.03. The molecule has 0 aliphatic carbocycles. The number of aromatic amines is 1. The highest BCUT2D eigenvalue weighted by atomic mass is 16.5. The number of H-pyrrole nitrogens is 1. The minimum Gasteiger partial charge on any atom is -0.459 e. The Balaban J connectivity index is 2.07. The van der Waals surface area contributed by atoms with Crippen molar-refractivity contribution in [3.8, 4) is 0 Å². The standard InChI is InChI=1S/C16H19N3O3/c1-10(2)16(21)22-11(3)8-15-18-13-5-4-12(17-6-7-20)9-14(13)19-15/h4-5,7,9,11,17H,1,6,8H2,2-3H3,(H,18,19). The molecule has 0 amide bonds. The van der Waals surface area contributed by atoms with Crippen LogP contribution in [0.15, 0.2) is 30.4 Å². The second-order valence-corrected chi connectivity index (χ2v) is 5.16. The van der Waals surface area contributed by atoms with Crippen LogP contribution in [0.2, 0.25) is 0 Å². The summed E-state index contributed by atoms with van der Waals surface area (Å²) >= 11 is 0. The maximum atomic E-state index is 11.5. The molecular weight excluding hydrogens is 282 g/mol. The molecule has 0 aliphatic rings. The van der Waals surface area contributed by atoms with E-state index in [9.17, 15) is 9.59 Å². The number of ether oxygens (including phenoxy) is 1. The lowest BCUT2D eigenvalue weighted by Gasteiger charge is -2.11. The van der Waals surface area contributed by atoms with Crippen LogP contribution in [0.3, 0.4) is 0 Å². The van der Waals surface area contributed by atoms with Gasteiger partial charge in [-0.1, -0.05) is 6.58 Å². The molecule has 0 saturated heterocycles. The van der Waals surface area contributed by atoms with Crippen LogP contribution in [0.25, 0.3) is 11.0 Å². The normalized spacial score (nSPS) is 11.9. The number of anilines is 1. The van der Waals surface area contributed by atoms with Crippen LogP contribution in [-0.2, 0) is 20.7 Å². The maximum absolute atomic E-state index is 11.5. The highest BCUT2D eigenvalue weighted by Crippen LogP contribution is 2.18. The van der Waals surface area contributed by atoms with Gasteiger partial charge in [0.15, 0.2) is 0 Å². The number of esters is 1. The molecule has 0 aliphatic heterocycles. The molecule has 1 aromatic heterocycles. The number of nitrogens with one attached hydrogen (secondary N) is 2. The number of hydrogen-bond acceptors (Lipinski definition) is 5. The molecule has 2 rings (SSSR count). The lowest BCUT2D eigenvalue weighted by atomic mass is 10.2. The Labute approximate surface area is 128 Å². The van der Waals surface area contributed by atoms with Crippen molar-refractivity contribution in [2.45, 2.75) is 26.4 Å². The summed E-state index contributed by atoms with van der Waals surface area (Å²) in [5, 5.41) is 2.98. The predicted octanol–water partition coefficient (Wildman–Crippen LogP) is 2.22. The van der Waals surface area contributed by atoms with Crippen molar-refractivity contribution in [1.29, 1.82) is 0 Å². The Morgan fingerprint density at radius 3 is 3.00 bits per heavy atom. The lowest BCUT2D eigenvalue weighted by Crippen LogP contribution is -2.18. The van der Waals surface area contributed by atoms with Gasteiger partial charge in [-0.3, -0.25) is 0 Å². The van der Waals surface area contributed by atoms with Gasteiger partial charge in [0.1, 0.15) is 18.2 Å². The number of rotatable bonds is 7.